The van der Waals surface area contributed by atoms with Gasteiger partial charge in [-0.1, -0.05) is 64.7 Å². The summed E-state index contributed by atoms with van der Waals surface area (Å²) in [5, 5.41) is 0.198. The molecule has 20 heavy (non-hydrogen) atoms. The van der Waals surface area contributed by atoms with Crippen LogP contribution in [0.5, 0.6) is 0 Å². The first-order valence-electron chi connectivity index (χ1n) is 7.21. The zero-order valence-corrected chi connectivity index (χ0v) is 13.7. The van der Waals surface area contributed by atoms with Crippen LogP contribution in [0.2, 0.25) is 0 Å². The van der Waals surface area contributed by atoms with Crippen LogP contribution in [-0.2, 0) is 4.79 Å². The lowest BCUT2D eigenvalue weighted by Crippen LogP contribution is -2.18. The SMILES string of the molecule is CCCCC(C#CC(=O)C(C)(C)C)Sc1ccccc1. The summed E-state index contributed by atoms with van der Waals surface area (Å²) in [6.07, 6.45) is 3.32. The highest BCUT2D eigenvalue weighted by Gasteiger charge is 2.19. The molecule has 0 bridgehead atoms. The molecular weight excluding hydrogens is 264 g/mol. The van der Waals surface area contributed by atoms with Gasteiger partial charge < -0.3 is 0 Å². The van der Waals surface area contributed by atoms with E-state index < -0.39 is 0 Å². The molecular formula is C18H24OS. The minimum atomic E-state index is -0.375. The van der Waals surface area contributed by atoms with E-state index in [0.717, 1.165) is 19.3 Å². The highest BCUT2D eigenvalue weighted by atomic mass is 32.2. The summed E-state index contributed by atoms with van der Waals surface area (Å²) in [7, 11) is 0. The van der Waals surface area contributed by atoms with Gasteiger partial charge >= 0.3 is 0 Å². The zero-order chi connectivity index (χ0) is 15.0. The Morgan fingerprint density at radius 3 is 2.45 bits per heavy atom. The van der Waals surface area contributed by atoms with Crippen molar-refractivity contribution in [1.29, 1.82) is 0 Å². The predicted molar refractivity (Wildman–Crippen MR) is 87.9 cm³/mol. The fourth-order valence-corrected chi connectivity index (χ4v) is 2.59. The van der Waals surface area contributed by atoms with Crippen molar-refractivity contribution in [3.8, 4) is 11.8 Å². The standard InChI is InChI=1S/C18H24OS/c1-5-6-10-16(13-14-17(19)18(2,3)4)20-15-11-8-7-9-12-15/h7-9,11-12,16H,5-6,10H2,1-4H3. The Kier molecular flexibility index (Phi) is 6.88. The molecule has 0 saturated heterocycles. The van der Waals surface area contributed by atoms with Crippen molar-refractivity contribution in [1.82, 2.24) is 0 Å². The van der Waals surface area contributed by atoms with Crippen molar-refractivity contribution in [3.05, 3.63) is 30.3 Å². The minimum absolute atomic E-state index is 0.0210. The van der Waals surface area contributed by atoms with Crippen LogP contribution in [0.25, 0.3) is 0 Å². The van der Waals surface area contributed by atoms with E-state index in [4.69, 9.17) is 0 Å². The molecule has 1 atom stereocenters. The molecule has 0 aliphatic carbocycles. The predicted octanol–water partition coefficient (Wildman–Crippen LogP) is 4.96. The van der Waals surface area contributed by atoms with Crippen molar-refractivity contribution in [2.24, 2.45) is 5.41 Å². The molecule has 0 N–H and O–H groups in total. The number of carbonyl (C=O) groups is 1. The van der Waals surface area contributed by atoms with Gasteiger partial charge in [0.15, 0.2) is 0 Å². The molecule has 0 radical (unpaired) electrons. The monoisotopic (exact) mass is 288 g/mol. The van der Waals surface area contributed by atoms with Gasteiger partial charge in [-0.2, -0.15) is 0 Å². The second-order valence-corrected chi connectivity index (χ2v) is 7.19. The molecule has 1 unspecified atom stereocenters. The molecule has 2 heteroatoms. The van der Waals surface area contributed by atoms with E-state index in [0.29, 0.717) is 0 Å². The van der Waals surface area contributed by atoms with Crippen LogP contribution in [0.1, 0.15) is 47.0 Å². The van der Waals surface area contributed by atoms with E-state index in [1.807, 2.05) is 39.0 Å². The van der Waals surface area contributed by atoms with E-state index in [-0.39, 0.29) is 16.4 Å². The lowest BCUT2D eigenvalue weighted by Gasteiger charge is -2.12. The average Bonchev–Trinajstić information content (AvgIpc) is 2.41. The molecule has 0 amide bonds. The van der Waals surface area contributed by atoms with E-state index in [2.05, 4.69) is 30.9 Å². The van der Waals surface area contributed by atoms with Gasteiger partial charge in [0.25, 0.3) is 0 Å². The van der Waals surface area contributed by atoms with Gasteiger partial charge in [0.1, 0.15) is 0 Å². The maximum atomic E-state index is 11.9. The van der Waals surface area contributed by atoms with Gasteiger partial charge in [-0.15, -0.1) is 11.8 Å². The second kappa shape index (κ2) is 8.17. The minimum Gasteiger partial charge on any atom is -0.284 e. The molecule has 1 rings (SSSR count). The van der Waals surface area contributed by atoms with Crippen LogP contribution in [0, 0.1) is 17.3 Å². The van der Waals surface area contributed by atoms with Crippen molar-refractivity contribution in [2.45, 2.75) is 57.1 Å². The van der Waals surface area contributed by atoms with Gasteiger partial charge in [-0.05, 0) is 24.5 Å². The average molecular weight is 288 g/mol. The summed E-state index contributed by atoms with van der Waals surface area (Å²) in [6.45, 7) is 7.91. The van der Waals surface area contributed by atoms with Crippen molar-refractivity contribution in [3.63, 3.8) is 0 Å². The number of benzene rings is 1. The number of hydrogen-bond acceptors (Lipinski definition) is 2. The third kappa shape index (κ3) is 6.30. The fourth-order valence-electron chi connectivity index (χ4n) is 1.55. The molecule has 0 fully saturated rings. The van der Waals surface area contributed by atoms with E-state index in [1.165, 1.54) is 4.90 Å². The van der Waals surface area contributed by atoms with Crippen molar-refractivity contribution in [2.75, 3.05) is 0 Å². The highest BCUT2D eigenvalue weighted by molar-refractivity contribution is 8.00. The molecule has 108 valence electrons. The summed E-state index contributed by atoms with van der Waals surface area (Å²) in [5.74, 6) is 6.04. The third-order valence-corrected chi connectivity index (χ3v) is 4.05. The summed E-state index contributed by atoms with van der Waals surface area (Å²) in [4.78, 5) is 13.1. The highest BCUT2D eigenvalue weighted by Crippen LogP contribution is 2.26. The molecule has 0 aliphatic heterocycles. The van der Waals surface area contributed by atoms with E-state index >= 15 is 0 Å². The first-order valence-corrected chi connectivity index (χ1v) is 8.09. The maximum Gasteiger partial charge on any atom is 0.210 e. The quantitative estimate of drug-likeness (QED) is 0.433. The van der Waals surface area contributed by atoms with Crippen LogP contribution < -0.4 is 0 Å². The zero-order valence-electron chi connectivity index (χ0n) is 12.9. The molecule has 1 nitrogen and oxygen atoms in total. The topological polar surface area (TPSA) is 17.1 Å². The Labute approximate surface area is 127 Å². The van der Waals surface area contributed by atoms with Crippen LogP contribution in [0.4, 0.5) is 0 Å². The van der Waals surface area contributed by atoms with Gasteiger partial charge in [-0.25, -0.2) is 0 Å². The van der Waals surface area contributed by atoms with Crippen LogP contribution in [0.3, 0.4) is 0 Å². The largest absolute Gasteiger partial charge is 0.284 e. The molecule has 0 aromatic heterocycles. The van der Waals surface area contributed by atoms with Crippen LogP contribution >= 0.6 is 11.8 Å². The fraction of sp³-hybridized carbons (Fsp3) is 0.500. The summed E-state index contributed by atoms with van der Waals surface area (Å²) >= 11 is 1.76. The summed E-state index contributed by atoms with van der Waals surface area (Å²) in [5.41, 5.74) is -0.375. The van der Waals surface area contributed by atoms with Crippen molar-refractivity contribution < 1.29 is 4.79 Å². The smallest absolute Gasteiger partial charge is 0.210 e. The first-order chi connectivity index (χ1) is 9.43. The van der Waals surface area contributed by atoms with Crippen LogP contribution in [0.15, 0.2) is 35.2 Å². The molecule has 0 heterocycles. The maximum absolute atomic E-state index is 11.9. The number of hydrogen-bond donors (Lipinski definition) is 0. The van der Waals surface area contributed by atoms with Gasteiger partial charge in [0.2, 0.25) is 5.78 Å². The number of rotatable bonds is 5. The third-order valence-electron chi connectivity index (χ3n) is 2.87. The number of ketones is 1. The summed E-state index contributed by atoms with van der Waals surface area (Å²) in [6, 6.07) is 10.3. The Bertz CT molecular complexity index is 474. The van der Waals surface area contributed by atoms with Crippen LogP contribution in [-0.4, -0.2) is 11.0 Å². The summed E-state index contributed by atoms with van der Waals surface area (Å²) < 4.78 is 0. The molecule has 1 aromatic carbocycles. The lowest BCUT2D eigenvalue weighted by molar-refractivity contribution is -0.120. The van der Waals surface area contributed by atoms with E-state index in [1.54, 1.807) is 11.8 Å². The van der Waals surface area contributed by atoms with Crippen molar-refractivity contribution >= 4 is 17.5 Å². The lowest BCUT2D eigenvalue weighted by atomic mass is 9.91. The Morgan fingerprint density at radius 2 is 1.90 bits per heavy atom. The Hall–Kier alpha value is -1.20. The molecule has 0 saturated carbocycles. The molecule has 1 aromatic rings. The number of unbranched alkanes of at least 4 members (excludes halogenated alkanes) is 1. The van der Waals surface area contributed by atoms with E-state index in [9.17, 15) is 4.79 Å². The Balaban J connectivity index is 2.75. The van der Waals surface area contributed by atoms with Gasteiger partial charge in [-0.3, -0.25) is 4.79 Å². The normalized spacial score (nSPS) is 12.4. The molecule has 0 aliphatic rings. The second-order valence-electron chi connectivity index (χ2n) is 5.91. The van der Waals surface area contributed by atoms with Gasteiger partial charge in [0.05, 0.1) is 5.25 Å². The number of Topliss-reactive ketones (excluding diaryl/α,β-unsaturated/α-hetero) is 1. The number of thioether (sulfide) groups is 1. The molecule has 0 spiro atoms. The first kappa shape index (κ1) is 16.9. The Morgan fingerprint density at radius 1 is 1.25 bits per heavy atom. The number of carbonyl (C=O) groups excluding carboxylic acids is 1. The van der Waals surface area contributed by atoms with Gasteiger partial charge in [0, 0.05) is 10.3 Å².